The summed E-state index contributed by atoms with van der Waals surface area (Å²) in [6.45, 7) is 2.16. The molecule has 0 aliphatic carbocycles. The SMILES string of the molecule is C[C@@H](Sc1n[nH]c(-c2ccccc2Br)n1)c1ccccc1. The van der Waals surface area contributed by atoms with Gasteiger partial charge in [0.05, 0.1) is 0 Å². The lowest BCUT2D eigenvalue weighted by molar-refractivity contribution is 0.960. The summed E-state index contributed by atoms with van der Waals surface area (Å²) >= 11 is 5.18. The molecular formula is C16H14BrN3S. The maximum atomic E-state index is 4.57. The Bertz CT molecular complexity index is 727. The zero-order valence-electron chi connectivity index (χ0n) is 11.5. The van der Waals surface area contributed by atoms with Gasteiger partial charge in [-0.2, -0.15) is 0 Å². The van der Waals surface area contributed by atoms with Crippen LogP contribution in [0, 0.1) is 0 Å². The van der Waals surface area contributed by atoms with E-state index >= 15 is 0 Å². The number of hydrogen-bond acceptors (Lipinski definition) is 3. The van der Waals surface area contributed by atoms with E-state index in [-0.39, 0.29) is 0 Å². The lowest BCUT2D eigenvalue weighted by Crippen LogP contribution is -1.88. The van der Waals surface area contributed by atoms with Gasteiger partial charge in [0.2, 0.25) is 5.16 Å². The molecule has 3 nitrogen and oxygen atoms in total. The topological polar surface area (TPSA) is 41.6 Å². The Morgan fingerprint density at radius 1 is 1.05 bits per heavy atom. The molecule has 0 unspecified atom stereocenters. The molecule has 0 saturated carbocycles. The van der Waals surface area contributed by atoms with Crippen molar-refractivity contribution in [1.82, 2.24) is 15.2 Å². The second-order valence-electron chi connectivity index (χ2n) is 4.62. The highest BCUT2D eigenvalue weighted by Crippen LogP contribution is 2.34. The number of nitrogens with zero attached hydrogens (tertiary/aromatic N) is 2. The van der Waals surface area contributed by atoms with E-state index in [1.807, 2.05) is 30.3 Å². The predicted molar refractivity (Wildman–Crippen MR) is 90.2 cm³/mol. The summed E-state index contributed by atoms with van der Waals surface area (Å²) in [4.78, 5) is 4.57. The van der Waals surface area contributed by atoms with E-state index in [4.69, 9.17) is 0 Å². The van der Waals surface area contributed by atoms with Gasteiger partial charge in [0, 0.05) is 15.3 Å². The summed E-state index contributed by atoms with van der Waals surface area (Å²) in [5, 5.41) is 8.39. The molecule has 106 valence electrons. The molecule has 0 aliphatic heterocycles. The van der Waals surface area contributed by atoms with E-state index in [1.165, 1.54) is 5.56 Å². The zero-order valence-corrected chi connectivity index (χ0v) is 13.9. The van der Waals surface area contributed by atoms with Crippen LogP contribution in [0.3, 0.4) is 0 Å². The Hall–Kier alpha value is -1.59. The fourth-order valence-electron chi connectivity index (χ4n) is 2.02. The van der Waals surface area contributed by atoms with Crippen molar-refractivity contribution >= 4 is 27.7 Å². The summed E-state index contributed by atoms with van der Waals surface area (Å²) < 4.78 is 1.01. The highest BCUT2D eigenvalue weighted by atomic mass is 79.9. The van der Waals surface area contributed by atoms with Crippen LogP contribution >= 0.6 is 27.7 Å². The molecule has 1 aromatic heterocycles. The fourth-order valence-corrected chi connectivity index (χ4v) is 3.35. The number of aromatic amines is 1. The van der Waals surface area contributed by atoms with Crippen molar-refractivity contribution in [2.75, 3.05) is 0 Å². The van der Waals surface area contributed by atoms with E-state index in [2.05, 4.69) is 62.3 Å². The van der Waals surface area contributed by atoms with Crippen molar-refractivity contribution < 1.29 is 0 Å². The highest BCUT2D eigenvalue weighted by molar-refractivity contribution is 9.10. The first-order chi connectivity index (χ1) is 10.2. The monoisotopic (exact) mass is 359 g/mol. The van der Waals surface area contributed by atoms with Crippen molar-refractivity contribution in [3.63, 3.8) is 0 Å². The molecule has 0 amide bonds. The molecule has 3 aromatic rings. The van der Waals surface area contributed by atoms with Crippen LogP contribution in [0.15, 0.2) is 64.2 Å². The second kappa shape index (κ2) is 6.45. The molecule has 0 bridgehead atoms. The van der Waals surface area contributed by atoms with E-state index in [9.17, 15) is 0 Å². The Morgan fingerprint density at radius 3 is 2.52 bits per heavy atom. The van der Waals surface area contributed by atoms with Gasteiger partial charge in [0.25, 0.3) is 0 Å². The second-order valence-corrected chi connectivity index (χ2v) is 6.78. The zero-order chi connectivity index (χ0) is 14.7. The van der Waals surface area contributed by atoms with Crippen LogP contribution in [-0.2, 0) is 0 Å². The summed E-state index contributed by atoms with van der Waals surface area (Å²) in [5.74, 6) is 0.783. The molecule has 3 rings (SSSR count). The van der Waals surface area contributed by atoms with E-state index < -0.39 is 0 Å². The van der Waals surface area contributed by atoms with Crippen LogP contribution in [0.2, 0.25) is 0 Å². The van der Waals surface area contributed by atoms with Crippen LogP contribution in [0.1, 0.15) is 17.7 Å². The largest absolute Gasteiger partial charge is 0.258 e. The molecule has 1 atom stereocenters. The van der Waals surface area contributed by atoms with Crippen molar-refractivity contribution in [2.24, 2.45) is 0 Å². The molecule has 1 heterocycles. The number of rotatable bonds is 4. The molecule has 21 heavy (non-hydrogen) atoms. The van der Waals surface area contributed by atoms with Gasteiger partial charge in [0.1, 0.15) is 0 Å². The Kier molecular flexibility index (Phi) is 4.41. The molecule has 0 saturated heterocycles. The van der Waals surface area contributed by atoms with Crippen LogP contribution in [-0.4, -0.2) is 15.2 Å². The first-order valence-electron chi connectivity index (χ1n) is 6.63. The normalized spacial score (nSPS) is 12.3. The van der Waals surface area contributed by atoms with Gasteiger partial charge in [-0.3, -0.25) is 5.10 Å². The van der Waals surface area contributed by atoms with Crippen LogP contribution in [0.4, 0.5) is 0 Å². The van der Waals surface area contributed by atoms with Gasteiger partial charge in [0.15, 0.2) is 5.82 Å². The van der Waals surface area contributed by atoms with E-state index in [1.54, 1.807) is 11.8 Å². The molecular weight excluding hydrogens is 346 g/mol. The van der Waals surface area contributed by atoms with Crippen molar-refractivity contribution in [2.45, 2.75) is 17.3 Å². The average Bonchev–Trinajstić information content (AvgIpc) is 2.97. The summed E-state index contributed by atoms with van der Waals surface area (Å²) in [6, 6.07) is 18.4. The fraction of sp³-hybridized carbons (Fsp3) is 0.125. The minimum atomic E-state index is 0.314. The Balaban J connectivity index is 1.78. The Labute approximate surface area is 136 Å². The Morgan fingerprint density at radius 2 is 1.76 bits per heavy atom. The third-order valence-electron chi connectivity index (χ3n) is 3.15. The number of benzene rings is 2. The molecule has 0 aliphatic rings. The van der Waals surface area contributed by atoms with Crippen LogP contribution < -0.4 is 0 Å². The number of thioether (sulfide) groups is 1. The minimum Gasteiger partial charge on any atom is -0.258 e. The van der Waals surface area contributed by atoms with Crippen molar-refractivity contribution in [1.29, 1.82) is 0 Å². The van der Waals surface area contributed by atoms with E-state index in [0.29, 0.717) is 5.25 Å². The average molecular weight is 360 g/mol. The summed E-state index contributed by atoms with van der Waals surface area (Å²) in [5.41, 5.74) is 2.29. The van der Waals surface area contributed by atoms with Crippen molar-refractivity contribution in [3.8, 4) is 11.4 Å². The maximum Gasteiger partial charge on any atom is 0.209 e. The van der Waals surface area contributed by atoms with E-state index in [0.717, 1.165) is 21.0 Å². The summed E-state index contributed by atoms with van der Waals surface area (Å²) in [6.07, 6.45) is 0. The third-order valence-corrected chi connectivity index (χ3v) is 4.86. The lowest BCUT2D eigenvalue weighted by Gasteiger charge is -2.08. The predicted octanol–water partition coefficient (Wildman–Crippen LogP) is 5.09. The number of nitrogens with one attached hydrogen (secondary N) is 1. The number of H-pyrrole nitrogens is 1. The van der Waals surface area contributed by atoms with Crippen molar-refractivity contribution in [3.05, 3.63) is 64.6 Å². The minimum absolute atomic E-state index is 0.314. The van der Waals surface area contributed by atoms with Gasteiger partial charge >= 0.3 is 0 Å². The van der Waals surface area contributed by atoms with Gasteiger partial charge in [-0.1, -0.05) is 76.2 Å². The number of aromatic nitrogens is 3. The first kappa shape index (κ1) is 14.4. The highest BCUT2D eigenvalue weighted by Gasteiger charge is 2.13. The molecule has 2 aromatic carbocycles. The molecule has 1 N–H and O–H groups in total. The lowest BCUT2D eigenvalue weighted by atomic mass is 10.2. The molecule has 5 heteroatoms. The molecule has 0 radical (unpaired) electrons. The smallest absolute Gasteiger partial charge is 0.209 e. The maximum absolute atomic E-state index is 4.57. The third kappa shape index (κ3) is 3.36. The standard InChI is InChI=1S/C16H14BrN3S/c1-11(12-7-3-2-4-8-12)21-16-18-15(19-20-16)13-9-5-6-10-14(13)17/h2-11H,1H3,(H,18,19,20)/t11-/m1/s1. The number of hydrogen-bond donors (Lipinski definition) is 1. The van der Waals surface area contributed by atoms with Gasteiger partial charge in [-0.05, 0) is 18.6 Å². The quantitative estimate of drug-likeness (QED) is 0.659. The van der Waals surface area contributed by atoms with Gasteiger partial charge < -0.3 is 0 Å². The van der Waals surface area contributed by atoms with Crippen LogP contribution in [0.5, 0.6) is 0 Å². The molecule has 0 spiro atoms. The summed E-state index contributed by atoms with van der Waals surface area (Å²) in [7, 11) is 0. The first-order valence-corrected chi connectivity index (χ1v) is 8.30. The van der Waals surface area contributed by atoms with Gasteiger partial charge in [-0.25, -0.2) is 4.98 Å². The van der Waals surface area contributed by atoms with Gasteiger partial charge in [-0.15, -0.1) is 5.10 Å². The van der Waals surface area contributed by atoms with Crippen LogP contribution in [0.25, 0.3) is 11.4 Å². The number of halogens is 1. The molecule has 0 fully saturated rings.